The molecule has 0 amide bonds. The summed E-state index contributed by atoms with van der Waals surface area (Å²) in [4.78, 5) is 3.89. The maximum Gasteiger partial charge on any atom is 0.416 e. The summed E-state index contributed by atoms with van der Waals surface area (Å²) in [6, 6.07) is 7.27. The minimum Gasteiger partial charge on any atom is -0.506 e. The van der Waals surface area contributed by atoms with Gasteiger partial charge in [0.15, 0.2) is 0 Å². The molecule has 2 aromatic rings. The van der Waals surface area contributed by atoms with Crippen molar-refractivity contribution in [3.63, 3.8) is 0 Å². The summed E-state index contributed by atoms with van der Waals surface area (Å²) in [6.45, 7) is 0. The van der Waals surface area contributed by atoms with Crippen molar-refractivity contribution in [1.82, 2.24) is 0 Å². The number of alkyl halides is 3. The molecule has 110 valence electrons. The first-order valence-electron chi connectivity index (χ1n) is 5.67. The highest BCUT2D eigenvalue weighted by Crippen LogP contribution is 2.32. The van der Waals surface area contributed by atoms with Crippen LogP contribution in [0.1, 0.15) is 11.1 Å². The number of phenolic OH excluding ortho intramolecular Hbond substituents is 1. The number of benzene rings is 2. The van der Waals surface area contributed by atoms with Crippen molar-refractivity contribution in [2.45, 2.75) is 6.18 Å². The van der Waals surface area contributed by atoms with Crippen LogP contribution in [0.25, 0.3) is 0 Å². The van der Waals surface area contributed by atoms with E-state index in [1.165, 1.54) is 30.5 Å². The second-order valence-corrected chi connectivity index (χ2v) is 4.98. The van der Waals surface area contributed by atoms with E-state index in [2.05, 4.69) is 4.99 Å². The van der Waals surface area contributed by atoms with E-state index in [0.29, 0.717) is 0 Å². The molecule has 2 aromatic carbocycles. The first-order valence-corrected chi connectivity index (χ1v) is 6.42. The number of hydrogen-bond donors (Lipinski definition) is 1. The standard InChI is InChI=1S/C14H8Cl2F3NO/c15-10-4-8(13(21)12(16)6-10)7-20-11-3-1-2-9(5-11)14(17,18)19/h1-7,21H/b20-7+. The van der Waals surface area contributed by atoms with Crippen LogP contribution in [0.2, 0.25) is 10.0 Å². The SMILES string of the molecule is Oc1c(Cl)cc(Cl)cc1/C=N/c1cccc(C(F)(F)F)c1. The monoisotopic (exact) mass is 333 g/mol. The Morgan fingerprint density at radius 1 is 1.10 bits per heavy atom. The summed E-state index contributed by atoms with van der Waals surface area (Å²) in [7, 11) is 0. The number of phenols is 1. The fraction of sp³-hybridized carbons (Fsp3) is 0.0714. The molecule has 0 saturated heterocycles. The average Bonchev–Trinajstić information content (AvgIpc) is 2.40. The molecule has 0 spiro atoms. The maximum atomic E-state index is 12.6. The van der Waals surface area contributed by atoms with Gasteiger partial charge in [-0.3, -0.25) is 4.99 Å². The lowest BCUT2D eigenvalue weighted by molar-refractivity contribution is -0.137. The topological polar surface area (TPSA) is 32.6 Å². The molecular weight excluding hydrogens is 326 g/mol. The van der Waals surface area contributed by atoms with Crippen LogP contribution in [0, 0.1) is 0 Å². The van der Waals surface area contributed by atoms with Crippen molar-refractivity contribution in [3.8, 4) is 5.75 Å². The Kier molecular flexibility index (Phi) is 4.44. The Hall–Kier alpha value is -1.72. The van der Waals surface area contributed by atoms with Crippen LogP contribution in [-0.2, 0) is 6.18 Å². The van der Waals surface area contributed by atoms with Crippen molar-refractivity contribution in [3.05, 3.63) is 57.6 Å². The normalized spacial score (nSPS) is 12.0. The summed E-state index contributed by atoms with van der Waals surface area (Å²) in [6.07, 6.45) is -3.24. The van der Waals surface area contributed by atoms with Crippen LogP contribution in [-0.4, -0.2) is 11.3 Å². The number of aromatic hydroxyl groups is 1. The number of hydrogen-bond acceptors (Lipinski definition) is 2. The molecular formula is C14H8Cl2F3NO. The van der Waals surface area contributed by atoms with E-state index < -0.39 is 11.7 Å². The summed E-state index contributed by atoms with van der Waals surface area (Å²) in [5, 5.41) is 10.0. The Morgan fingerprint density at radius 2 is 1.81 bits per heavy atom. The average molecular weight is 334 g/mol. The van der Waals surface area contributed by atoms with Crippen molar-refractivity contribution in [2.75, 3.05) is 0 Å². The van der Waals surface area contributed by atoms with E-state index in [1.54, 1.807) is 0 Å². The maximum absolute atomic E-state index is 12.6. The van der Waals surface area contributed by atoms with E-state index in [0.717, 1.165) is 12.1 Å². The summed E-state index contributed by atoms with van der Waals surface area (Å²) < 4.78 is 37.7. The first-order chi connectivity index (χ1) is 9.77. The molecule has 7 heteroatoms. The van der Waals surface area contributed by atoms with Gasteiger partial charge >= 0.3 is 6.18 Å². The van der Waals surface area contributed by atoms with Gasteiger partial charge in [0.25, 0.3) is 0 Å². The molecule has 2 rings (SSSR count). The highest BCUT2D eigenvalue weighted by molar-refractivity contribution is 6.36. The lowest BCUT2D eigenvalue weighted by Gasteiger charge is -2.06. The Morgan fingerprint density at radius 3 is 2.48 bits per heavy atom. The van der Waals surface area contributed by atoms with Crippen molar-refractivity contribution < 1.29 is 18.3 Å². The molecule has 0 atom stereocenters. The summed E-state index contributed by atoms with van der Waals surface area (Å²) in [5.74, 6) is -0.239. The van der Waals surface area contributed by atoms with Gasteiger partial charge in [-0.2, -0.15) is 13.2 Å². The van der Waals surface area contributed by atoms with Gasteiger partial charge in [0.1, 0.15) is 5.75 Å². The number of halogens is 5. The molecule has 0 unspecified atom stereocenters. The lowest BCUT2D eigenvalue weighted by Crippen LogP contribution is -2.03. The van der Waals surface area contributed by atoms with E-state index >= 15 is 0 Å². The molecule has 0 aliphatic rings. The van der Waals surface area contributed by atoms with Gasteiger partial charge in [0.05, 0.1) is 16.3 Å². The third-order valence-corrected chi connectivity index (χ3v) is 3.09. The Labute approximate surface area is 128 Å². The van der Waals surface area contributed by atoms with E-state index in [-0.39, 0.29) is 27.0 Å². The summed E-state index contributed by atoms with van der Waals surface area (Å²) >= 11 is 11.5. The second kappa shape index (κ2) is 5.95. The number of nitrogens with zero attached hydrogens (tertiary/aromatic N) is 1. The molecule has 0 heterocycles. The fourth-order valence-corrected chi connectivity index (χ4v) is 2.10. The van der Waals surface area contributed by atoms with Gasteiger partial charge in [-0.1, -0.05) is 29.3 Å². The quantitative estimate of drug-likeness (QED) is 0.726. The third-order valence-electron chi connectivity index (χ3n) is 2.58. The molecule has 21 heavy (non-hydrogen) atoms. The molecule has 0 aliphatic carbocycles. The molecule has 0 fully saturated rings. The predicted molar refractivity (Wildman–Crippen MR) is 76.8 cm³/mol. The first kappa shape index (κ1) is 15.7. The van der Waals surface area contributed by atoms with E-state index in [9.17, 15) is 18.3 Å². The van der Waals surface area contributed by atoms with E-state index in [4.69, 9.17) is 23.2 Å². The Bertz CT molecular complexity index is 699. The third kappa shape index (κ3) is 3.89. The van der Waals surface area contributed by atoms with Gasteiger partial charge in [0, 0.05) is 16.8 Å². The van der Waals surface area contributed by atoms with Gasteiger partial charge in [0.2, 0.25) is 0 Å². The number of aliphatic imine (C=N–C) groups is 1. The van der Waals surface area contributed by atoms with Crippen LogP contribution in [0.4, 0.5) is 18.9 Å². The molecule has 0 aliphatic heterocycles. The van der Waals surface area contributed by atoms with Crippen molar-refractivity contribution in [2.24, 2.45) is 4.99 Å². The molecule has 0 radical (unpaired) electrons. The summed E-state index contributed by atoms with van der Waals surface area (Å²) in [5.41, 5.74) is -0.490. The molecule has 0 saturated carbocycles. The largest absolute Gasteiger partial charge is 0.506 e. The van der Waals surface area contributed by atoms with Crippen LogP contribution in [0.5, 0.6) is 5.75 Å². The molecule has 0 aromatic heterocycles. The zero-order valence-corrected chi connectivity index (χ0v) is 11.8. The lowest BCUT2D eigenvalue weighted by atomic mass is 10.2. The fourth-order valence-electron chi connectivity index (χ4n) is 1.59. The van der Waals surface area contributed by atoms with Gasteiger partial charge in [-0.25, -0.2) is 0 Å². The van der Waals surface area contributed by atoms with Crippen molar-refractivity contribution in [1.29, 1.82) is 0 Å². The molecule has 2 nitrogen and oxygen atoms in total. The van der Waals surface area contributed by atoms with Crippen LogP contribution in [0.3, 0.4) is 0 Å². The van der Waals surface area contributed by atoms with E-state index in [1.807, 2.05) is 0 Å². The Balaban J connectivity index is 2.34. The zero-order valence-electron chi connectivity index (χ0n) is 10.3. The second-order valence-electron chi connectivity index (χ2n) is 4.13. The van der Waals surface area contributed by atoms with Gasteiger partial charge in [-0.15, -0.1) is 0 Å². The number of rotatable bonds is 2. The smallest absolute Gasteiger partial charge is 0.416 e. The van der Waals surface area contributed by atoms with Gasteiger partial charge in [-0.05, 0) is 30.3 Å². The minimum atomic E-state index is -4.44. The zero-order chi connectivity index (χ0) is 15.6. The molecule has 1 N–H and O–H groups in total. The molecule has 0 bridgehead atoms. The highest BCUT2D eigenvalue weighted by atomic mass is 35.5. The van der Waals surface area contributed by atoms with Gasteiger partial charge < -0.3 is 5.11 Å². The predicted octanol–water partition coefficient (Wildman–Crippen LogP) is 5.47. The highest BCUT2D eigenvalue weighted by Gasteiger charge is 2.30. The minimum absolute atomic E-state index is 0.0352. The van der Waals surface area contributed by atoms with Crippen LogP contribution >= 0.6 is 23.2 Å². The van der Waals surface area contributed by atoms with Crippen LogP contribution < -0.4 is 0 Å². The van der Waals surface area contributed by atoms with Crippen molar-refractivity contribution >= 4 is 35.1 Å². The van der Waals surface area contributed by atoms with Crippen LogP contribution in [0.15, 0.2) is 41.4 Å².